The zero-order chi connectivity index (χ0) is 23.5. The number of urea groups is 1. The second-order valence-corrected chi connectivity index (χ2v) is 8.04. The smallest absolute Gasteiger partial charge is 0.325 e. The number of nitrogens with one attached hydrogen (secondary N) is 2. The van der Waals surface area contributed by atoms with Crippen molar-refractivity contribution in [3.05, 3.63) is 53.1 Å². The minimum atomic E-state index is -0.887. The number of nitrogens with zero attached hydrogens (tertiary/aromatic N) is 1. The van der Waals surface area contributed by atoms with Crippen molar-refractivity contribution in [2.75, 3.05) is 21.3 Å². The fourth-order valence-electron chi connectivity index (χ4n) is 4.30. The average Bonchev–Trinajstić information content (AvgIpc) is 3.33. The van der Waals surface area contributed by atoms with Crippen LogP contribution in [0, 0.1) is 0 Å². The third kappa shape index (κ3) is 4.57. The van der Waals surface area contributed by atoms with Crippen molar-refractivity contribution in [3.8, 4) is 17.2 Å². The molecule has 2 aromatic carbocycles. The number of ether oxygens (including phenoxy) is 3. The van der Waals surface area contributed by atoms with Crippen LogP contribution >= 0.6 is 0 Å². The summed E-state index contributed by atoms with van der Waals surface area (Å²) in [6.07, 6.45) is 1.42. The van der Waals surface area contributed by atoms with E-state index in [1.54, 1.807) is 45.6 Å². The number of aryl methyl sites for hydroxylation is 1. The van der Waals surface area contributed by atoms with Gasteiger partial charge in [0.1, 0.15) is 11.8 Å². The predicted octanol–water partition coefficient (Wildman–Crippen LogP) is 2.33. The largest absolute Gasteiger partial charge is 0.497 e. The number of hydrogen-bond donors (Lipinski definition) is 2. The molecule has 1 saturated heterocycles. The Hall–Kier alpha value is -3.75. The highest BCUT2D eigenvalue weighted by Gasteiger charge is 2.39. The van der Waals surface area contributed by atoms with E-state index in [-0.39, 0.29) is 24.9 Å². The zero-order valence-corrected chi connectivity index (χ0v) is 18.8. The fourth-order valence-corrected chi connectivity index (χ4v) is 4.30. The number of carbonyl (C=O) groups excluding carboxylic acids is 3. The van der Waals surface area contributed by atoms with E-state index in [1.165, 1.54) is 0 Å². The van der Waals surface area contributed by atoms with Gasteiger partial charge >= 0.3 is 6.03 Å². The lowest BCUT2D eigenvalue weighted by molar-refractivity contribution is -0.131. The van der Waals surface area contributed by atoms with Gasteiger partial charge in [-0.05, 0) is 53.8 Å². The van der Waals surface area contributed by atoms with Gasteiger partial charge in [0.2, 0.25) is 5.91 Å². The molecule has 9 heteroatoms. The highest BCUT2D eigenvalue weighted by atomic mass is 16.5. The molecule has 2 aliphatic rings. The minimum absolute atomic E-state index is 0.122. The fraction of sp³-hybridized carbons (Fsp3) is 0.375. The van der Waals surface area contributed by atoms with Gasteiger partial charge < -0.3 is 24.8 Å². The van der Waals surface area contributed by atoms with E-state index in [0.717, 1.165) is 34.4 Å². The van der Waals surface area contributed by atoms with Gasteiger partial charge in [-0.25, -0.2) is 4.79 Å². The highest BCUT2D eigenvalue weighted by Crippen LogP contribution is 2.39. The summed E-state index contributed by atoms with van der Waals surface area (Å²) in [5.74, 6) is 1.23. The van der Waals surface area contributed by atoms with Crippen LogP contribution in [0.15, 0.2) is 36.4 Å². The molecule has 4 amide bonds. The van der Waals surface area contributed by atoms with Gasteiger partial charge in [-0.2, -0.15) is 0 Å². The third-order valence-electron chi connectivity index (χ3n) is 6.05. The van der Waals surface area contributed by atoms with E-state index in [4.69, 9.17) is 14.2 Å². The number of imide groups is 1. The first-order valence-electron chi connectivity index (χ1n) is 10.7. The van der Waals surface area contributed by atoms with Crippen LogP contribution in [-0.2, 0) is 22.6 Å². The first kappa shape index (κ1) is 22.4. The van der Waals surface area contributed by atoms with Gasteiger partial charge in [-0.15, -0.1) is 0 Å². The Balaban J connectivity index is 1.38. The monoisotopic (exact) mass is 453 g/mol. The normalized spacial score (nSPS) is 19.2. The van der Waals surface area contributed by atoms with Crippen LogP contribution in [0.25, 0.3) is 0 Å². The van der Waals surface area contributed by atoms with Gasteiger partial charge in [0, 0.05) is 0 Å². The summed E-state index contributed by atoms with van der Waals surface area (Å²) < 4.78 is 15.9. The second kappa shape index (κ2) is 9.40. The van der Waals surface area contributed by atoms with E-state index in [2.05, 4.69) is 10.6 Å². The number of carbonyl (C=O) groups is 3. The molecular formula is C24H27N3O6. The molecule has 0 unspecified atom stereocenters. The SMILES string of the molecule is COc1ccc(CN2C(=O)N[C@@H](CC(=O)N[C@@H]3CCc4cc(OC)c(OC)cc43)C2=O)cc1. The zero-order valence-electron chi connectivity index (χ0n) is 18.8. The molecule has 9 nitrogen and oxygen atoms in total. The minimum Gasteiger partial charge on any atom is -0.497 e. The van der Waals surface area contributed by atoms with E-state index in [1.807, 2.05) is 12.1 Å². The lowest BCUT2D eigenvalue weighted by Gasteiger charge is -2.17. The number of fused-ring (bicyclic) bond motifs is 1. The van der Waals surface area contributed by atoms with Crippen molar-refractivity contribution in [3.63, 3.8) is 0 Å². The summed E-state index contributed by atoms with van der Waals surface area (Å²) in [7, 11) is 4.72. The summed E-state index contributed by atoms with van der Waals surface area (Å²) in [6.45, 7) is 0.129. The Morgan fingerprint density at radius 1 is 1.06 bits per heavy atom. The van der Waals surface area contributed by atoms with E-state index in [9.17, 15) is 14.4 Å². The van der Waals surface area contributed by atoms with Crippen LogP contribution in [0.3, 0.4) is 0 Å². The first-order chi connectivity index (χ1) is 15.9. The maximum absolute atomic E-state index is 12.8. The van der Waals surface area contributed by atoms with Crippen molar-refractivity contribution in [2.24, 2.45) is 0 Å². The highest BCUT2D eigenvalue weighted by molar-refractivity contribution is 6.05. The van der Waals surface area contributed by atoms with Gasteiger partial charge in [0.15, 0.2) is 11.5 Å². The van der Waals surface area contributed by atoms with E-state index < -0.39 is 18.0 Å². The van der Waals surface area contributed by atoms with Gasteiger partial charge in [-0.1, -0.05) is 12.1 Å². The number of amides is 4. The van der Waals surface area contributed by atoms with Crippen LogP contribution in [0.4, 0.5) is 4.79 Å². The molecule has 33 heavy (non-hydrogen) atoms. The van der Waals surface area contributed by atoms with E-state index >= 15 is 0 Å². The van der Waals surface area contributed by atoms with Crippen LogP contribution < -0.4 is 24.8 Å². The van der Waals surface area contributed by atoms with Gasteiger partial charge in [-0.3, -0.25) is 14.5 Å². The lowest BCUT2D eigenvalue weighted by atomic mass is 10.1. The third-order valence-corrected chi connectivity index (χ3v) is 6.05. The molecule has 2 aromatic rings. The van der Waals surface area contributed by atoms with Crippen molar-refractivity contribution in [2.45, 2.75) is 37.9 Å². The van der Waals surface area contributed by atoms with Crippen LogP contribution in [0.2, 0.25) is 0 Å². The molecule has 2 atom stereocenters. The van der Waals surface area contributed by atoms with Crippen molar-refractivity contribution in [1.29, 1.82) is 0 Å². The number of methoxy groups -OCH3 is 3. The molecule has 0 bridgehead atoms. The van der Waals surface area contributed by atoms with Crippen molar-refractivity contribution < 1.29 is 28.6 Å². The molecule has 0 aromatic heterocycles. The molecule has 4 rings (SSSR count). The molecule has 1 heterocycles. The molecule has 0 radical (unpaired) electrons. The second-order valence-electron chi connectivity index (χ2n) is 8.04. The summed E-state index contributed by atoms with van der Waals surface area (Å²) in [4.78, 5) is 39.0. The average molecular weight is 453 g/mol. The number of hydrogen-bond acceptors (Lipinski definition) is 6. The summed E-state index contributed by atoms with van der Waals surface area (Å²) in [5.41, 5.74) is 2.86. The standard InChI is InChI=1S/C24H27N3O6/c1-31-16-7-4-14(5-8-16)13-27-23(29)19(26-24(27)30)12-22(28)25-18-9-6-15-10-20(32-2)21(33-3)11-17(15)18/h4-5,7-8,10-11,18-19H,6,9,12-13H2,1-3H3,(H,25,28)(H,26,30)/t18-,19+/m1/s1. The van der Waals surface area contributed by atoms with Crippen LogP contribution in [0.1, 0.15) is 35.6 Å². The van der Waals surface area contributed by atoms with Gasteiger partial charge in [0.05, 0.1) is 40.3 Å². The topological polar surface area (TPSA) is 106 Å². The Bertz CT molecular complexity index is 1070. The summed E-state index contributed by atoms with van der Waals surface area (Å²) >= 11 is 0. The molecule has 0 spiro atoms. The van der Waals surface area contributed by atoms with Gasteiger partial charge in [0.25, 0.3) is 5.91 Å². The Labute approximate surface area is 192 Å². The van der Waals surface area contributed by atoms with Crippen molar-refractivity contribution in [1.82, 2.24) is 15.5 Å². The number of benzene rings is 2. The lowest BCUT2D eigenvalue weighted by Crippen LogP contribution is -2.37. The Morgan fingerprint density at radius 2 is 1.76 bits per heavy atom. The van der Waals surface area contributed by atoms with Crippen LogP contribution in [0.5, 0.6) is 17.2 Å². The molecule has 2 N–H and O–H groups in total. The molecule has 1 aliphatic carbocycles. The van der Waals surface area contributed by atoms with E-state index in [0.29, 0.717) is 17.2 Å². The Kier molecular flexibility index (Phi) is 6.39. The predicted molar refractivity (Wildman–Crippen MR) is 119 cm³/mol. The van der Waals surface area contributed by atoms with Crippen LogP contribution in [-0.4, -0.2) is 50.1 Å². The molecule has 1 aliphatic heterocycles. The molecular weight excluding hydrogens is 426 g/mol. The quantitative estimate of drug-likeness (QED) is 0.595. The summed E-state index contributed by atoms with van der Waals surface area (Å²) in [5, 5.41) is 5.61. The summed E-state index contributed by atoms with van der Waals surface area (Å²) in [6, 6.07) is 9.35. The molecule has 1 fully saturated rings. The Morgan fingerprint density at radius 3 is 2.42 bits per heavy atom. The first-order valence-corrected chi connectivity index (χ1v) is 10.7. The van der Waals surface area contributed by atoms with Crippen molar-refractivity contribution >= 4 is 17.8 Å². The maximum atomic E-state index is 12.8. The number of rotatable bonds is 8. The molecule has 174 valence electrons. The molecule has 0 saturated carbocycles. The maximum Gasteiger partial charge on any atom is 0.325 e.